The van der Waals surface area contributed by atoms with Gasteiger partial charge in [-0.2, -0.15) is 0 Å². The van der Waals surface area contributed by atoms with Gasteiger partial charge in [-0.1, -0.05) is 309 Å². The van der Waals surface area contributed by atoms with Crippen molar-refractivity contribution in [1.29, 1.82) is 0 Å². The summed E-state index contributed by atoms with van der Waals surface area (Å²) in [4.78, 5) is 37.5. The van der Waals surface area contributed by atoms with Gasteiger partial charge in [-0.15, -0.1) is 0 Å². The van der Waals surface area contributed by atoms with Crippen LogP contribution in [0.4, 0.5) is 0 Å². The molecule has 510 valence electrons. The predicted octanol–water partition coefficient (Wildman–Crippen LogP) is 21.8. The predicted molar refractivity (Wildman–Crippen MR) is 380 cm³/mol. The monoisotopic (exact) mass is 1240 g/mol. The van der Waals surface area contributed by atoms with Gasteiger partial charge in [0.1, 0.15) is 13.2 Å². The molecule has 0 saturated carbocycles. The maximum Gasteiger partial charge on any atom is 0.306 e. The molecule has 0 bridgehead atoms. The molecule has 0 saturated heterocycles. The van der Waals surface area contributed by atoms with Crippen LogP contribution in [0.25, 0.3) is 0 Å². The molecule has 0 rings (SSSR count). The van der Waals surface area contributed by atoms with Crippen molar-refractivity contribution < 1.29 is 42.9 Å². The zero-order chi connectivity index (χ0) is 64.7. The average Bonchev–Trinajstić information content (AvgIpc) is 3.71. The number of likely N-dealkylation sites (N-methyl/N-ethyl adjacent to an activating group) is 1. The average molecular weight is 1240 g/mol. The highest BCUT2D eigenvalue weighted by molar-refractivity contribution is 5.70. The van der Waals surface area contributed by atoms with Crippen LogP contribution < -0.4 is 5.11 Å². The minimum atomic E-state index is -1.64. The zero-order valence-corrected chi connectivity index (χ0v) is 58.3. The Bertz CT molecular complexity index is 1880. The lowest BCUT2D eigenvalue weighted by Gasteiger charge is -2.26. The second-order valence-electron chi connectivity index (χ2n) is 25.5. The van der Waals surface area contributed by atoms with Crippen molar-refractivity contribution in [2.75, 3.05) is 47.5 Å². The lowest BCUT2D eigenvalue weighted by atomic mass is 10.0. The van der Waals surface area contributed by atoms with E-state index in [9.17, 15) is 19.5 Å². The Labute approximate surface area is 548 Å². The maximum atomic E-state index is 12.9. The number of rotatable bonds is 67. The van der Waals surface area contributed by atoms with Crippen LogP contribution in [0.1, 0.15) is 309 Å². The number of ether oxygens (including phenoxy) is 4. The van der Waals surface area contributed by atoms with Gasteiger partial charge >= 0.3 is 11.9 Å². The number of carboxylic acid groups (broad SMARTS) is 1. The Morgan fingerprint density at radius 1 is 0.348 bits per heavy atom. The summed E-state index contributed by atoms with van der Waals surface area (Å²) in [6.45, 7) is 4.61. The molecule has 0 aliphatic rings. The summed E-state index contributed by atoms with van der Waals surface area (Å²) < 4.78 is 22.8. The van der Waals surface area contributed by atoms with E-state index in [-0.39, 0.29) is 38.6 Å². The first-order chi connectivity index (χ1) is 43.6. The SMILES string of the molecule is CC/C=C\C/C=C\C/C=C\C/C=C\C/C=C\C/C=C\C/C=C\C/C=C\CCCCCCC(=O)OC(COC(=O)CCCCCCCCCCCCCCCCCCCCCCCCC/C=C\C/C=C\CCCCCCC)COC(OCC[N+](C)(C)C)C(=O)[O-]. The molecule has 0 aliphatic carbocycles. The summed E-state index contributed by atoms with van der Waals surface area (Å²) in [6, 6.07) is 0. The Morgan fingerprint density at radius 2 is 0.640 bits per heavy atom. The fourth-order valence-electron chi connectivity index (χ4n) is 10.1. The Balaban J connectivity index is 4.13. The fourth-order valence-corrected chi connectivity index (χ4v) is 10.1. The van der Waals surface area contributed by atoms with Gasteiger partial charge < -0.3 is 33.3 Å². The van der Waals surface area contributed by atoms with E-state index in [0.29, 0.717) is 17.4 Å². The van der Waals surface area contributed by atoms with Gasteiger partial charge in [-0.05, 0) is 109 Å². The molecule has 2 atom stereocenters. The molecule has 0 aromatic carbocycles. The number of esters is 2. The largest absolute Gasteiger partial charge is 0.545 e. The lowest BCUT2D eigenvalue weighted by Crippen LogP contribution is -2.44. The van der Waals surface area contributed by atoms with E-state index in [1.807, 2.05) is 21.1 Å². The van der Waals surface area contributed by atoms with E-state index in [1.54, 1.807) is 0 Å². The normalized spacial score (nSPS) is 13.4. The van der Waals surface area contributed by atoms with Crippen molar-refractivity contribution in [2.45, 2.75) is 322 Å². The van der Waals surface area contributed by atoms with Gasteiger partial charge in [0.2, 0.25) is 0 Å². The van der Waals surface area contributed by atoms with E-state index < -0.39 is 24.3 Å². The molecule has 0 aromatic rings. The quantitative estimate of drug-likeness (QED) is 0.0195. The summed E-state index contributed by atoms with van der Waals surface area (Å²) >= 11 is 0. The number of carbonyl (C=O) groups excluding carboxylic acids is 3. The summed E-state index contributed by atoms with van der Waals surface area (Å²) in [5, 5.41) is 11.8. The standard InChI is InChI=1S/C80H137NO8/c1-6-8-10-12-14-16-18-20-22-24-26-28-30-32-34-36-37-38-39-40-41-43-44-46-48-50-52-54-56-58-60-62-64-66-68-70-77(82)87-74-76(75-88-80(79(84)85)86-73-72-81(3,4)5)89-78(83)71-69-67-65-63-61-59-57-55-53-51-49-47-45-42-35-33-31-29-27-25-23-21-19-17-15-13-11-9-7-2/h9,11,15,17-18,20-21,23-24,26-27,29,33,35,45,47,51,53,57,59,76,80H,6-8,10,12-14,16,19,22,25,28,30-32,34,36-44,46,48-50,52,54-56,58,60-75H2,1-5H3/b11-9-,17-15-,20-18-,23-21-,26-24-,29-27-,35-33-,47-45-,53-51-,59-57-. The van der Waals surface area contributed by atoms with Crippen molar-refractivity contribution in [2.24, 2.45) is 0 Å². The summed E-state index contributed by atoms with van der Waals surface area (Å²) in [7, 11) is 5.92. The van der Waals surface area contributed by atoms with Crippen molar-refractivity contribution in [3.63, 3.8) is 0 Å². The van der Waals surface area contributed by atoms with Crippen LogP contribution in [0.5, 0.6) is 0 Å². The number of carbonyl (C=O) groups is 3. The first kappa shape index (κ1) is 84.7. The number of unbranched alkanes of at least 4 members (excludes halogenated alkanes) is 32. The van der Waals surface area contributed by atoms with Crippen molar-refractivity contribution >= 4 is 17.9 Å². The third-order valence-electron chi connectivity index (χ3n) is 15.7. The van der Waals surface area contributed by atoms with E-state index in [2.05, 4.69) is 135 Å². The van der Waals surface area contributed by atoms with Gasteiger partial charge in [0, 0.05) is 12.8 Å². The Hall–Kier alpha value is -4.31. The molecule has 0 aliphatic heterocycles. The molecule has 0 aromatic heterocycles. The van der Waals surface area contributed by atoms with Crippen molar-refractivity contribution in [3.05, 3.63) is 122 Å². The van der Waals surface area contributed by atoms with Gasteiger partial charge in [0.15, 0.2) is 12.4 Å². The minimum Gasteiger partial charge on any atom is -0.545 e. The highest BCUT2D eigenvalue weighted by atomic mass is 16.7. The molecule has 0 radical (unpaired) electrons. The Morgan fingerprint density at radius 3 is 0.955 bits per heavy atom. The van der Waals surface area contributed by atoms with Crippen LogP contribution in [-0.2, 0) is 33.3 Å². The molecule has 0 amide bonds. The number of hydrogen-bond acceptors (Lipinski definition) is 8. The molecule has 89 heavy (non-hydrogen) atoms. The number of nitrogens with zero attached hydrogens (tertiary/aromatic N) is 1. The molecule has 2 unspecified atom stereocenters. The minimum absolute atomic E-state index is 0.137. The van der Waals surface area contributed by atoms with Crippen LogP contribution in [0.2, 0.25) is 0 Å². The van der Waals surface area contributed by atoms with E-state index in [0.717, 1.165) is 103 Å². The first-order valence-electron chi connectivity index (χ1n) is 36.7. The smallest absolute Gasteiger partial charge is 0.306 e. The van der Waals surface area contributed by atoms with Crippen LogP contribution in [-0.4, -0.2) is 82.3 Å². The van der Waals surface area contributed by atoms with E-state index in [4.69, 9.17) is 18.9 Å². The van der Waals surface area contributed by atoms with Gasteiger partial charge in [-0.25, -0.2) is 0 Å². The highest BCUT2D eigenvalue weighted by Crippen LogP contribution is 2.17. The number of quaternary nitrogens is 1. The highest BCUT2D eigenvalue weighted by Gasteiger charge is 2.22. The number of allylic oxidation sites excluding steroid dienone is 20. The fraction of sp³-hybridized carbons (Fsp3) is 0.713. The molecule has 0 heterocycles. The second-order valence-corrected chi connectivity index (χ2v) is 25.5. The molecule has 0 spiro atoms. The second kappa shape index (κ2) is 69.6. The van der Waals surface area contributed by atoms with Crippen molar-refractivity contribution in [1.82, 2.24) is 0 Å². The number of aliphatic carboxylic acids is 1. The maximum absolute atomic E-state index is 12.9. The lowest BCUT2D eigenvalue weighted by molar-refractivity contribution is -0.870. The van der Waals surface area contributed by atoms with Crippen LogP contribution in [0.15, 0.2) is 122 Å². The molecular formula is C80H137NO8. The van der Waals surface area contributed by atoms with Gasteiger partial charge in [-0.3, -0.25) is 9.59 Å². The van der Waals surface area contributed by atoms with Gasteiger partial charge in [0.25, 0.3) is 0 Å². The summed E-state index contributed by atoms with van der Waals surface area (Å²) in [6.07, 6.45) is 95.8. The number of hydrogen-bond donors (Lipinski definition) is 0. The third-order valence-corrected chi connectivity index (χ3v) is 15.7. The third kappa shape index (κ3) is 71.0. The van der Waals surface area contributed by atoms with Crippen LogP contribution in [0.3, 0.4) is 0 Å². The van der Waals surface area contributed by atoms with Gasteiger partial charge in [0.05, 0.1) is 40.3 Å². The molecule has 9 nitrogen and oxygen atoms in total. The van der Waals surface area contributed by atoms with Crippen LogP contribution in [0, 0.1) is 0 Å². The molecular weight excluding hydrogens is 1100 g/mol. The molecule has 0 fully saturated rings. The molecule has 0 N–H and O–H groups in total. The van der Waals surface area contributed by atoms with Crippen LogP contribution >= 0.6 is 0 Å². The van der Waals surface area contributed by atoms with E-state index >= 15 is 0 Å². The topological polar surface area (TPSA) is 111 Å². The van der Waals surface area contributed by atoms with Crippen molar-refractivity contribution in [3.8, 4) is 0 Å². The van der Waals surface area contributed by atoms with E-state index in [1.165, 1.54) is 173 Å². The Kier molecular flexibility index (Phi) is 66.2. The molecule has 9 heteroatoms. The summed E-state index contributed by atoms with van der Waals surface area (Å²) in [5.41, 5.74) is 0. The first-order valence-corrected chi connectivity index (χ1v) is 36.7. The number of carboxylic acids is 1. The summed E-state index contributed by atoms with van der Waals surface area (Å²) in [5.74, 6) is -2.32. The zero-order valence-electron chi connectivity index (χ0n) is 58.3.